The Balaban J connectivity index is 0.678. The molecular weight excluding hydrogens is 889 g/mol. The number of nitrogens with one attached hydrogen (secondary N) is 1. The largest absolute Gasteiger partial charge is 0.453 e. The number of piperidine rings is 2. The van der Waals surface area contributed by atoms with Crippen molar-refractivity contribution in [2.75, 3.05) is 62.2 Å². The normalized spacial score (nSPS) is 26.0. The van der Waals surface area contributed by atoms with Crippen LogP contribution in [0.3, 0.4) is 0 Å². The van der Waals surface area contributed by atoms with E-state index in [9.17, 15) is 28.1 Å². The molecule has 67 heavy (non-hydrogen) atoms. The van der Waals surface area contributed by atoms with Crippen molar-refractivity contribution in [3.8, 4) is 17.6 Å². The maximum Gasteiger partial charge on any atom is 0.329 e. The van der Waals surface area contributed by atoms with Gasteiger partial charge in [0, 0.05) is 81.5 Å². The smallest absolute Gasteiger partial charge is 0.329 e. The fraction of sp³-hybridized carbons (Fsp3) is 0.478. The molecule has 12 rings (SSSR count). The molecule has 0 radical (unpaired) electrons. The monoisotopic (exact) mass is 935 g/mol. The third-order valence-electron chi connectivity index (χ3n) is 16.0. The number of anilines is 2. The van der Waals surface area contributed by atoms with E-state index in [1.807, 2.05) is 0 Å². The fourth-order valence-electron chi connectivity index (χ4n) is 12.3. The zero-order valence-corrected chi connectivity index (χ0v) is 37.4. The number of amides is 3. The summed E-state index contributed by atoms with van der Waals surface area (Å²) >= 11 is 0. The van der Waals surface area contributed by atoms with E-state index in [0.29, 0.717) is 59.0 Å². The molecule has 7 aliphatic rings. The van der Waals surface area contributed by atoms with Gasteiger partial charge in [-0.15, -0.1) is 0 Å². The van der Waals surface area contributed by atoms with Crippen molar-refractivity contribution in [2.45, 2.75) is 68.0 Å². The van der Waals surface area contributed by atoms with Crippen molar-refractivity contribution >= 4 is 55.5 Å². The molecule has 18 nitrogen and oxygen atoms in total. The highest BCUT2D eigenvalue weighted by atomic mass is 32.2. The van der Waals surface area contributed by atoms with Gasteiger partial charge in [0.1, 0.15) is 23.2 Å². The number of nitriles is 1. The van der Waals surface area contributed by atoms with E-state index in [1.54, 1.807) is 40.8 Å². The van der Waals surface area contributed by atoms with Crippen LogP contribution >= 0.6 is 0 Å². The van der Waals surface area contributed by atoms with Gasteiger partial charge in [0.15, 0.2) is 17.4 Å². The molecule has 5 aliphatic heterocycles. The maximum atomic E-state index is 15.7. The average Bonchev–Trinajstić information content (AvgIpc) is 3.47. The topological polar surface area (TPSA) is 214 Å². The molecule has 2 saturated carbocycles. The molecule has 3 N–H and O–H groups in total. The van der Waals surface area contributed by atoms with Gasteiger partial charge in [-0.05, 0) is 86.4 Å². The van der Waals surface area contributed by atoms with Crippen molar-refractivity contribution in [1.82, 2.24) is 33.9 Å². The van der Waals surface area contributed by atoms with Gasteiger partial charge in [0.2, 0.25) is 5.91 Å². The molecule has 3 aromatic carbocycles. The van der Waals surface area contributed by atoms with E-state index >= 15 is 8.78 Å². The number of fused-ring (bicyclic) bond motifs is 3. The van der Waals surface area contributed by atoms with E-state index in [2.05, 4.69) is 31.3 Å². The van der Waals surface area contributed by atoms with Crippen LogP contribution < -0.4 is 30.6 Å². The molecule has 21 heteroatoms. The van der Waals surface area contributed by atoms with Crippen LogP contribution in [-0.2, 0) is 32.2 Å². The molecule has 2 aliphatic carbocycles. The second-order valence-corrected chi connectivity index (χ2v) is 21.4. The minimum Gasteiger partial charge on any atom is -0.453 e. The predicted octanol–water partition coefficient (Wildman–Crippen LogP) is 3.91. The zero-order chi connectivity index (χ0) is 46.4. The molecule has 7 fully saturated rings. The summed E-state index contributed by atoms with van der Waals surface area (Å²) in [6.07, 6.45) is 6.71. The number of carbonyl (C=O) groups excluding carboxylic acids is 2. The highest BCUT2D eigenvalue weighted by molar-refractivity contribution is 7.86. The van der Waals surface area contributed by atoms with Gasteiger partial charge in [-0.2, -0.15) is 23.1 Å². The predicted molar refractivity (Wildman–Crippen MR) is 239 cm³/mol. The van der Waals surface area contributed by atoms with Crippen LogP contribution in [0.5, 0.6) is 11.5 Å². The van der Waals surface area contributed by atoms with Crippen LogP contribution in [0.4, 0.5) is 25.1 Å². The lowest BCUT2D eigenvalue weighted by Crippen LogP contribution is -2.67. The average molecular weight is 936 g/mol. The second-order valence-electron chi connectivity index (χ2n) is 19.9. The van der Waals surface area contributed by atoms with Crippen LogP contribution in [-0.4, -0.2) is 113 Å². The van der Waals surface area contributed by atoms with Gasteiger partial charge < -0.3 is 19.3 Å². The summed E-state index contributed by atoms with van der Waals surface area (Å²) in [4.78, 5) is 48.9. The molecule has 5 aromatic rings. The molecule has 5 saturated heterocycles. The number of ether oxygens (including phenoxy) is 2. The number of aryl methyl sites for hydroxylation is 1. The number of imide groups is 1. The molecule has 7 heterocycles. The van der Waals surface area contributed by atoms with Crippen molar-refractivity contribution < 1.29 is 36.3 Å². The van der Waals surface area contributed by atoms with Gasteiger partial charge in [-0.3, -0.25) is 29.1 Å². The molecule has 2 unspecified atom stereocenters. The van der Waals surface area contributed by atoms with Gasteiger partial charge in [-0.1, -0.05) is 6.07 Å². The number of carbonyl (C=O) groups is 2. The number of rotatable bonds is 8. The Bertz CT molecular complexity index is 3190. The van der Waals surface area contributed by atoms with Gasteiger partial charge in [0.25, 0.3) is 15.8 Å². The number of likely N-dealkylation sites (tertiary alicyclic amines) is 1. The number of nitrogens with two attached hydrogens (primary N) is 1. The van der Waals surface area contributed by atoms with E-state index < -0.39 is 27.5 Å². The van der Waals surface area contributed by atoms with Crippen molar-refractivity contribution in [2.24, 2.45) is 23.5 Å². The van der Waals surface area contributed by atoms with Crippen LogP contribution in [0.1, 0.15) is 62.1 Å². The summed E-state index contributed by atoms with van der Waals surface area (Å²) in [6, 6.07) is 12.4. The van der Waals surface area contributed by atoms with Gasteiger partial charge in [0.05, 0.1) is 46.7 Å². The molecule has 3 atom stereocenters. The second kappa shape index (κ2) is 14.7. The first kappa shape index (κ1) is 42.3. The van der Waals surface area contributed by atoms with Crippen LogP contribution in [0.2, 0.25) is 0 Å². The quantitative estimate of drug-likeness (QED) is 0.227. The van der Waals surface area contributed by atoms with Crippen LogP contribution in [0.25, 0.3) is 21.8 Å². The Labute approximate surface area is 383 Å². The lowest BCUT2D eigenvalue weighted by molar-refractivity contribution is -0.120. The first-order valence-corrected chi connectivity index (χ1v) is 24.2. The minimum absolute atomic E-state index is 0.0234. The standard InChI is InChI=1S/C46H47F2N11O7S/c1-54-37-14-38(35(48)13-31(37)41(53-54)58-9-6-39(60)52-43(58)62)56-22-44(23-56)16-27(17-44)55-10-7-45(8-11-55)18-28(21-65-45)59-25-51-36-5-2-29(12-30(36)42(59)61)66-40-32(19-49)33(3-4-34(40)47)46-15-26(46)20-57(24-46)67(50,63)64/h2-5,12-14,25-28H,6-11,15-18,20-24H2,1H3,(H2,50,63,64)(H,52,60,62)/t26?,28-,46?/m1/s1. The van der Waals surface area contributed by atoms with Crippen molar-refractivity contribution in [3.05, 3.63) is 81.9 Å². The number of benzene rings is 3. The Hall–Kier alpha value is -6.05. The van der Waals surface area contributed by atoms with E-state index in [1.165, 1.54) is 33.5 Å². The summed E-state index contributed by atoms with van der Waals surface area (Å²) < 4.78 is 72.3. The van der Waals surface area contributed by atoms with E-state index in [4.69, 9.17) is 14.6 Å². The Morgan fingerprint density at radius 3 is 2.48 bits per heavy atom. The summed E-state index contributed by atoms with van der Waals surface area (Å²) in [5.74, 6) is -1.35. The Morgan fingerprint density at radius 1 is 0.955 bits per heavy atom. The first-order chi connectivity index (χ1) is 32.0. The van der Waals surface area contributed by atoms with Crippen LogP contribution in [0.15, 0.2) is 53.6 Å². The minimum atomic E-state index is -3.93. The molecule has 2 spiro atoms. The fourth-order valence-corrected chi connectivity index (χ4v) is 13.1. The Morgan fingerprint density at radius 2 is 1.75 bits per heavy atom. The number of hydrogen-bond donors (Lipinski definition) is 2. The summed E-state index contributed by atoms with van der Waals surface area (Å²) in [7, 11) is -2.17. The summed E-state index contributed by atoms with van der Waals surface area (Å²) in [6.45, 7) is 4.12. The van der Waals surface area contributed by atoms with Crippen LogP contribution in [0, 0.1) is 34.3 Å². The molecule has 2 aromatic heterocycles. The highest BCUT2D eigenvalue weighted by Gasteiger charge is 2.63. The van der Waals surface area contributed by atoms with Gasteiger partial charge >= 0.3 is 6.03 Å². The molecular formula is C46H47F2N11O7S. The Kier molecular flexibility index (Phi) is 9.30. The number of aromatic nitrogens is 4. The lowest BCUT2D eigenvalue weighted by Gasteiger charge is -2.62. The molecule has 3 amide bonds. The molecule has 348 valence electrons. The summed E-state index contributed by atoms with van der Waals surface area (Å²) in [5.41, 5.74) is 0.965. The van der Waals surface area contributed by atoms with E-state index in [0.717, 1.165) is 51.9 Å². The SMILES string of the molecule is Cn1nc(N2CCC(=O)NC2=O)c2cc(F)c(N3CC4(CC(N5CCC6(CC5)C[C@@H](n5cnc7ccc(Oc8c(F)ccc(C9%10CC9CN(S(N)(=O)=O)C%10)c8C#N)cc7c5=O)CO6)C4)C3)cc21. The highest BCUT2D eigenvalue weighted by Crippen LogP contribution is 2.61. The third kappa shape index (κ3) is 6.73. The van der Waals surface area contributed by atoms with E-state index in [-0.39, 0.29) is 88.8 Å². The first-order valence-electron chi connectivity index (χ1n) is 22.7. The zero-order valence-electron chi connectivity index (χ0n) is 36.6. The van der Waals surface area contributed by atoms with Crippen molar-refractivity contribution in [3.63, 3.8) is 0 Å². The summed E-state index contributed by atoms with van der Waals surface area (Å²) in [5, 5.41) is 23.3. The van der Waals surface area contributed by atoms with Crippen molar-refractivity contribution in [1.29, 1.82) is 5.26 Å². The number of urea groups is 1. The maximum absolute atomic E-state index is 15.7. The number of hydrogen-bond acceptors (Lipinski definition) is 12. The molecule has 0 bridgehead atoms. The third-order valence-corrected chi connectivity index (χ3v) is 17.0. The lowest BCUT2D eigenvalue weighted by atomic mass is 9.59. The van der Waals surface area contributed by atoms with Gasteiger partial charge in [-0.25, -0.2) is 23.7 Å². The number of halogens is 2. The number of nitrogens with zero attached hydrogens (tertiary/aromatic N) is 9.